The van der Waals surface area contributed by atoms with Crippen LogP contribution in [0, 0.1) is 0 Å². The number of nitrogens with zero attached hydrogens (tertiary/aromatic N) is 3. The Kier molecular flexibility index (Phi) is 3.70. The largest absolute Gasteiger partial charge is 0.454 e. The van der Waals surface area contributed by atoms with Crippen molar-refractivity contribution in [3.63, 3.8) is 0 Å². The number of hydrogen-bond acceptors (Lipinski definition) is 7. The molecule has 1 fully saturated rings. The van der Waals surface area contributed by atoms with Crippen LogP contribution in [0.4, 0.5) is 5.69 Å². The van der Waals surface area contributed by atoms with Crippen LogP contribution in [0.3, 0.4) is 0 Å². The zero-order valence-corrected chi connectivity index (χ0v) is 15.1. The maximum Gasteiger partial charge on any atom is 0.231 e. The summed E-state index contributed by atoms with van der Waals surface area (Å²) in [4.78, 5) is 0. The minimum absolute atomic E-state index is 0.240. The number of para-hydroxylation sites is 1. The van der Waals surface area contributed by atoms with Crippen molar-refractivity contribution in [1.82, 2.24) is 15.0 Å². The summed E-state index contributed by atoms with van der Waals surface area (Å²) in [5, 5.41) is 12.2. The number of aromatic nitrogens is 3. The van der Waals surface area contributed by atoms with Crippen molar-refractivity contribution in [1.29, 1.82) is 0 Å². The second-order valence-corrected chi connectivity index (χ2v) is 7.05. The first-order chi connectivity index (χ1) is 13.1. The Morgan fingerprint density at radius 1 is 1.15 bits per heavy atom. The summed E-state index contributed by atoms with van der Waals surface area (Å²) < 4.78 is 24.6. The third kappa shape index (κ3) is 2.96. The number of nitrogens with one attached hydrogen (secondary N) is 1. The number of hydrogen-bond donors (Lipinski definition) is 1. The Bertz CT molecular complexity index is 987. The minimum atomic E-state index is -0.643. The van der Waals surface area contributed by atoms with E-state index >= 15 is 0 Å². The molecule has 0 saturated carbocycles. The lowest BCUT2D eigenvalue weighted by molar-refractivity contribution is -0.142. The molecule has 5 rings (SSSR count). The second-order valence-electron chi connectivity index (χ2n) is 7.05. The zero-order chi connectivity index (χ0) is 18.4. The lowest BCUT2D eigenvalue weighted by Crippen LogP contribution is -2.34. The number of rotatable bonds is 4. The molecule has 2 aliphatic heterocycles. The van der Waals surface area contributed by atoms with Gasteiger partial charge in [-0.15, -0.1) is 5.10 Å². The van der Waals surface area contributed by atoms with Gasteiger partial charge in [-0.05, 0) is 38.1 Å². The Labute approximate surface area is 156 Å². The monoisotopic (exact) mass is 368 g/mol. The molecule has 1 unspecified atom stereocenters. The predicted octanol–water partition coefficient (Wildman–Crippen LogP) is 2.92. The van der Waals surface area contributed by atoms with E-state index in [1.807, 2.05) is 61.0 Å². The van der Waals surface area contributed by atoms with Crippen LogP contribution >= 0.6 is 0 Å². The molecule has 0 bridgehead atoms. The molecule has 3 aromatic rings. The summed E-state index contributed by atoms with van der Waals surface area (Å²) in [6, 6.07) is 13.6. The van der Waals surface area contributed by atoms with E-state index < -0.39 is 5.79 Å². The van der Waals surface area contributed by atoms with Gasteiger partial charge in [0.15, 0.2) is 23.5 Å². The van der Waals surface area contributed by atoms with Gasteiger partial charge >= 0.3 is 0 Å². The van der Waals surface area contributed by atoms with Gasteiger partial charge in [-0.25, -0.2) is 4.68 Å². The molecule has 1 saturated heterocycles. The van der Waals surface area contributed by atoms with Gasteiger partial charge in [0.25, 0.3) is 0 Å². The van der Waals surface area contributed by atoms with Crippen molar-refractivity contribution in [3.8, 4) is 11.5 Å². The zero-order valence-electron chi connectivity index (χ0n) is 15.1. The van der Waals surface area contributed by atoms with Crippen molar-refractivity contribution in [2.45, 2.75) is 31.9 Å². The standard InChI is InChI=1S/C19H20N4O4/c1-19(2)26-10-17(27-19)18(23-14-6-4-3-5-13(14)21-22-23)20-12-7-8-15-16(9-12)25-11-24-15/h3-9,17-18,20H,10-11H2,1-2H3/t17-,18?/m1/s1. The van der Waals surface area contributed by atoms with Gasteiger partial charge in [-0.2, -0.15) is 0 Å². The second kappa shape index (κ2) is 6.11. The van der Waals surface area contributed by atoms with Crippen LogP contribution in [0.15, 0.2) is 42.5 Å². The van der Waals surface area contributed by atoms with Gasteiger partial charge in [0.05, 0.1) is 12.1 Å². The fourth-order valence-corrected chi connectivity index (χ4v) is 3.43. The van der Waals surface area contributed by atoms with Crippen LogP contribution in [0.25, 0.3) is 11.0 Å². The Balaban J connectivity index is 1.52. The van der Waals surface area contributed by atoms with Crippen LogP contribution in [0.2, 0.25) is 0 Å². The molecule has 2 atom stereocenters. The normalized spacial score (nSPS) is 21.5. The first kappa shape index (κ1) is 16.3. The van der Waals surface area contributed by atoms with E-state index in [9.17, 15) is 0 Å². The molecule has 0 aliphatic carbocycles. The molecule has 140 valence electrons. The lowest BCUT2D eigenvalue weighted by Gasteiger charge is -2.26. The molecule has 0 spiro atoms. The summed E-state index contributed by atoms with van der Waals surface area (Å²) >= 11 is 0. The third-order valence-corrected chi connectivity index (χ3v) is 4.71. The van der Waals surface area contributed by atoms with E-state index in [0.717, 1.165) is 22.5 Å². The molecule has 3 heterocycles. The number of fused-ring (bicyclic) bond motifs is 2. The highest BCUT2D eigenvalue weighted by molar-refractivity contribution is 5.74. The fraction of sp³-hybridized carbons (Fsp3) is 0.368. The SMILES string of the molecule is CC1(C)OC[C@H](C(Nc2ccc3c(c2)OCO3)n2nnc3ccccc32)O1. The van der Waals surface area contributed by atoms with E-state index in [0.29, 0.717) is 12.4 Å². The molecule has 1 aromatic heterocycles. The molecule has 1 N–H and O–H groups in total. The van der Waals surface area contributed by atoms with E-state index in [4.69, 9.17) is 18.9 Å². The van der Waals surface area contributed by atoms with Gasteiger partial charge in [0.1, 0.15) is 11.6 Å². The van der Waals surface area contributed by atoms with E-state index in [-0.39, 0.29) is 19.1 Å². The van der Waals surface area contributed by atoms with Gasteiger partial charge < -0.3 is 24.3 Å². The van der Waals surface area contributed by atoms with Crippen LogP contribution in [-0.4, -0.2) is 40.3 Å². The van der Waals surface area contributed by atoms with Crippen LogP contribution < -0.4 is 14.8 Å². The maximum absolute atomic E-state index is 6.12. The summed E-state index contributed by atoms with van der Waals surface area (Å²) in [5.41, 5.74) is 2.62. The summed E-state index contributed by atoms with van der Waals surface area (Å²) in [7, 11) is 0. The van der Waals surface area contributed by atoms with Crippen molar-refractivity contribution in [3.05, 3.63) is 42.5 Å². The highest BCUT2D eigenvalue weighted by Crippen LogP contribution is 2.36. The molecule has 8 nitrogen and oxygen atoms in total. The van der Waals surface area contributed by atoms with Crippen LogP contribution in [0.5, 0.6) is 11.5 Å². The molecule has 0 amide bonds. The van der Waals surface area contributed by atoms with E-state index in [1.165, 1.54) is 0 Å². The Morgan fingerprint density at radius 3 is 2.85 bits per heavy atom. The molecule has 27 heavy (non-hydrogen) atoms. The molecular weight excluding hydrogens is 348 g/mol. The van der Waals surface area contributed by atoms with Gasteiger partial charge in [0.2, 0.25) is 6.79 Å². The molecule has 0 radical (unpaired) electrons. The average molecular weight is 368 g/mol. The number of benzene rings is 2. The first-order valence-corrected chi connectivity index (χ1v) is 8.87. The molecular formula is C19H20N4O4. The average Bonchev–Trinajstić information content (AvgIpc) is 3.37. The predicted molar refractivity (Wildman–Crippen MR) is 97.7 cm³/mol. The first-order valence-electron chi connectivity index (χ1n) is 8.87. The van der Waals surface area contributed by atoms with Crippen molar-refractivity contribution in [2.75, 3.05) is 18.7 Å². The molecule has 8 heteroatoms. The van der Waals surface area contributed by atoms with Gasteiger partial charge in [-0.3, -0.25) is 0 Å². The Hall–Kier alpha value is -2.84. The smallest absolute Gasteiger partial charge is 0.231 e. The van der Waals surface area contributed by atoms with Gasteiger partial charge in [-0.1, -0.05) is 17.3 Å². The topological polar surface area (TPSA) is 79.7 Å². The highest BCUT2D eigenvalue weighted by Gasteiger charge is 2.39. The summed E-state index contributed by atoms with van der Waals surface area (Å²) in [5.74, 6) is 0.812. The Morgan fingerprint density at radius 2 is 2.00 bits per heavy atom. The molecule has 2 aromatic carbocycles. The highest BCUT2D eigenvalue weighted by atomic mass is 16.7. The van der Waals surface area contributed by atoms with Gasteiger partial charge in [0, 0.05) is 11.8 Å². The van der Waals surface area contributed by atoms with Crippen LogP contribution in [0.1, 0.15) is 20.0 Å². The molecule has 2 aliphatic rings. The van der Waals surface area contributed by atoms with Crippen molar-refractivity contribution >= 4 is 16.7 Å². The quantitative estimate of drug-likeness (QED) is 0.758. The van der Waals surface area contributed by atoms with Crippen LogP contribution in [-0.2, 0) is 9.47 Å². The lowest BCUT2D eigenvalue weighted by atomic mass is 10.2. The number of ether oxygens (including phenoxy) is 4. The van der Waals surface area contributed by atoms with Crippen molar-refractivity contribution < 1.29 is 18.9 Å². The van der Waals surface area contributed by atoms with E-state index in [2.05, 4.69) is 15.6 Å². The maximum atomic E-state index is 6.12. The van der Waals surface area contributed by atoms with Crippen molar-refractivity contribution in [2.24, 2.45) is 0 Å². The minimum Gasteiger partial charge on any atom is -0.454 e. The summed E-state index contributed by atoms with van der Waals surface area (Å²) in [6.07, 6.45) is -0.546. The number of anilines is 1. The summed E-state index contributed by atoms with van der Waals surface area (Å²) in [6.45, 7) is 4.50. The fourth-order valence-electron chi connectivity index (χ4n) is 3.43. The third-order valence-electron chi connectivity index (χ3n) is 4.71. The van der Waals surface area contributed by atoms with E-state index in [1.54, 1.807) is 0 Å².